The minimum atomic E-state index is -1.28. The zero-order valence-electron chi connectivity index (χ0n) is 46.0. The smallest absolute Gasteiger partial charge is 0.550 e. The summed E-state index contributed by atoms with van der Waals surface area (Å²) in [7, 11) is 0. The molecular weight excluding hydrogens is 997 g/mol. The van der Waals surface area contributed by atoms with Crippen molar-refractivity contribution in [2.45, 2.75) is 156 Å². The average molecular weight is 1080 g/mol. The molecule has 19 heteroatoms. The van der Waals surface area contributed by atoms with Crippen molar-refractivity contribution in [2.24, 2.45) is 22.1 Å². The number of aryl methyl sites for hydroxylation is 1. The van der Waals surface area contributed by atoms with Crippen molar-refractivity contribution >= 4 is 56.6 Å². The predicted octanol–water partition coefficient (Wildman–Crippen LogP) is 4.84. The zero-order chi connectivity index (χ0) is 53.3. The third kappa shape index (κ3) is 33.4. The van der Waals surface area contributed by atoms with Crippen LogP contribution in [0.25, 0.3) is 4.85 Å². The van der Waals surface area contributed by atoms with Crippen molar-refractivity contribution in [2.75, 3.05) is 70.8 Å². The van der Waals surface area contributed by atoms with Crippen LogP contribution in [0.2, 0.25) is 0 Å². The fourth-order valence-electron chi connectivity index (χ4n) is 7.66. The maximum absolute atomic E-state index is 12.5. The molecule has 0 bridgehead atoms. The number of hydrogen-bond acceptors (Lipinski definition) is 16. The number of carboxylic acid groups (broad SMARTS) is 2. The Morgan fingerprint density at radius 1 is 0.680 bits per heavy atom. The van der Waals surface area contributed by atoms with Gasteiger partial charge in [0.1, 0.15) is 24.3 Å². The zero-order valence-corrected chi connectivity index (χ0v) is 50.9. The number of carbonyl (C=O) groups is 4. The molecule has 0 N–H and O–H groups in total. The Kier molecular flexibility index (Phi) is 44.5. The molecule has 0 radical (unpaired) electrons. The normalized spacial score (nSPS) is 12.0. The first-order chi connectivity index (χ1) is 35.4. The molecule has 2 unspecified atom stereocenters. The SMILES string of the molecule is [C-]#[N+]c1sc(N=Nc2ccc(N(CCOCCOCCOC(=O)CC(C/C=C/CCCCCCC)C(=O)[O-])CCOCCOC(=O)CC(C/C=C/CCCCCCCCCCC)C(=O)[O-])cc2C)c(C#N)c1C.[Na+].[Na+]. The van der Waals surface area contributed by atoms with E-state index in [1.807, 2.05) is 43.4 Å². The number of anilines is 1. The first-order valence-electron chi connectivity index (χ1n) is 26.4. The molecule has 0 spiro atoms. The summed E-state index contributed by atoms with van der Waals surface area (Å²) in [6, 6.07) is 7.75. The van der Waals surface area contributed by atoms with Crippen LogP contribution < -0.4 is 74.2 Å². The van der Waals surface area contributed by atoms with Gasteiger partial charge in [-0.25, -0.2) is 4.85 Å². The number of unbranched alkanes of at least 4 members (excludes halogenated alkanes) is 14. The summed E-state index contributed by atoms with van der Waals surface area (Å²) in [6.45, 7) is 17.5. The molecule has 75 heavy (non-hydrogen) atoms. The first kappa shape index (κ1) is 71.5. The van der Waals surface area contributed by atoms with Gasteiger partial charge in [0.15, 0.2) is 0 Å². The van der Waals surface area contributed by atoms with Crippen LogP contribution in [-0.2, 0) is 42.9 Å². The van der Waals surface area contributed by atoms with E-state index >= 15 is 0 Å². The Bertz CT molecular complexity index is 2090. The van der Waals surface area contributed by atoms with Gasteiger partial charge < -0.3 is 48.4 Å². The van der Waals surface area contributed by atoms with Gasteiger partial charge in [-0.05, 0) is 81.7 Å². The van der Waals surface area contributed by atoms with Gasteiger partial charge in [0.2, 0.25) is 5.00 Å². The van der Waals surface area contributed by atoms with Gasteiger partial charge in [-0.2, -0.15) is 5.26 Å². The number of benzene rings is 1. The van der Waals surface area contributed by atoms with Crippen LogP contribution in [0, 0.1) is 43.6 Å². The van der Waals surface area contributed by atoms with Crippen molar-refractivity contribution < 1.29 is 112 Å². The van der Waals surface area contributed by atoms with Crippen molar-refractivity contribution in [1.29, 1.82) is 5.26 Å². The number of esters is 2. The molecule has 0 saturated carbocycles. The molecule has 16 nitrogen and oxygen atoms in total. The topological polar surface area (TPSA) is 217 Å². The number of nitrogens with zero attached hydrogens (tertiary/aromatic N) is 5. The van der Waals surface area contributed by atoms with Gasteiger partial charge in [0.25, 0.3) is 0 Å². The van der Waals surface area contributed by atoms with Crippen LogP contribution in [-0.4, -0.2) is 89.8 Å². The Balaban J connectivity index is 0.0000274. The molecule has 2 atom stereocenters. The molecule has 2 rings (SSSR count). The predicted molar refractivity (Wildman–Crippen MR) is 281 cm³/mol. The van der Waals surface area contributed by atoms with Crippen molar-refractivity contribution in [3.8, 4) is 6.07 Å². The van der Waals surface area contributed by atoms with E-state index in [-0.39, 0.29) is 131 Å². The van der Waals surface area contributed by atoms with Crippen molar-refractivity contribution in [1.82, 2.24) is 0 Å². The second-order valence-electron chi connectivity index (χ2n) is 18.0. The molecule has 0 fully saturated rings. The van der Waals surface area contributed by atoms with Crippen LogP contribution in [0.3, 0.4) is 0 Å². The standard InChI is InChI=1S/C56H83N5O11S.2Na/c1-6-8-10-12-14-16-17-18-19-21-23-25-27-46(55(64)65)41-51(62)71-38-36-69-33-31-61(48-28-29-50(44(3)40-48)59-60-54-49(43-57)45(4)53(58-5)73-54)30-32-68-34-35-70-37-39-72-52(63)42-47(56(66)67)26-24-22-20-15-13-11-9-7-2;;/h22-25,28-29,40,46-47H,6-21,26-27,30-39,41-42H2,1-4H3,(H,64,65)(H,66,67);;/q;2*+1/p-2/b24-22+,25-23+,60-59?;;. The fourth-order valence-corrected chi connectivity index (χ4v) is 8.52. The molecule has 404 valence electrons. The van der Waals surface area contributed by atoms with E-state index in [1.54, 1.807) is 13.0 Å². The summed E-state index contributed by atoms with van der Waals surface area (Å²) in [5.74, 6) is -5.75. The molecule has 0 aliphatic rings. The van der Waals surface area contributed by atoms with Crippen LogP contribution >= 0.6 is 11.3 Å². The molecule has 1 aromatic carbocycles. The summed E-state index contributed by atoms with van der Waals surface area (Å²) < 4.78 is 27.8. The number of carbonyl (C=O) groups excluding carboxylic acids is 4. The maximum Gasteiger partial charge on any atom is 1.00 e. The second-order valence-corrected chi connectivity index (χ2v) is 19.0. The molecule has 0 saturated heterocycles. The van der Waals surface area contributed by atoms with E-state index in [2.05, 4.69) is 39.9 Å². The van der Waals surface area contributed by atoms with Gasteiger partial charge >= 0.3 is 71.1 Å². The van der Waals surface area contributed by atoms with E-state index in [0.29, 0.717) is 46.5 Å². The largest absolute Gasteiger partial charge is 1.00 e. The maximum atomic E-state index is 12.5. The number of thiophene rings is 1. The number of hydrogen-bond donors (Lipinski definition) is 0. The third-order valence-electron chi connectivity index (χ3n) is 12.1. The van der Waals surface area contributed by atoms with Gasteiger partial charge in [-0.3, -0.25) is 9.59 Å². The van der Waals surface area contributed by atoms with Gasteiger partial charge in [-0.1, -0.05) is 115 Å². The van der Waals surface area contributed by atoms with E-state index in [0.717, 1.165) is 61.1 Å². The van der Waals surface area contributed by atoms with Crippen molar-refractivity contribution in [3.63, 3.8) is 0 Å². The number of carboxylic acids is 2. The number of azo groups is 1. The molecule has 0 amide bonds. The van der Waals surface area contributed by atoms with Crippen LogP contribution in [0.1, 0.15) is 159 Å². The Morgan fingerprint density at radius 3 is 1.57 bits per heavy atom. The minimum Gasteiger partial charge on any atom is -0.550 e. The summed E-state index contributed by atoms with van der Waals surface area (Å²) in [5.41, 5.74) is 3.15. The molecule has 0 aliphatic carbocycles. The second kappa shape index (κ2) is 46.6. The molecule has 1 heterocycles. The third-order valence-corrected chi connectivity index (χ3v) is 13.2. The molecule has 1 aromatic heterocycles. The Labute approximate surface area is 495 Å². The van der Waals surface area contributed by atoms with Crippen molar-refractivity contribution in [3.05, 3.63) is 70.6 Å². The monoisotopic (exact) mass is 1080 g/mol. The summed E-state index contributed by atoms with van der Waals surface area (Å²) in [6.07, 6.45) is 26.1. The molecule has 0 aliphatic heterocycles. The molecular formula is C56H81N5Na2O11S. The number of allylic oxidation sites excluding steroid dienone is 4. The van der Waals surface area contributed by atoms with E-state index in [4.69, 9.17) is 30.3 Å². The number of aliphatic carboxylic acids is 2. The van der Waals surface area contributed by atoms with Gasteiger partial charge in [0, 0.05) is 42.6 Å². The summed E-state index contributed by atoms with van der Waals surface area (Å²) >= 11 is 1.12. The van der Waals surface area contributed by atoms with Crippen LogP contribution in [0.5, 0.6) is 0 Å². The van der Waals surface area contributed by atoms with Crippen LogP contribution in [0.15, 0.2) is 52.7 Å². The molecule has 2 aromatic rings. The minimum absolute atomic E-state index is 0. The number of rotatable bonds is 44. The van der Waals surface area contributed by atoms with E-state index in [9.17, 15) is 34.7 Å². The number of ether oxygens (including phenoxy) is 5. The van der Waals surface area contributed by atoms with Crippen LogP contribution in [0.4, 0.5) is 21.4 Å². The van der Waals surface area contributed by atoms with E-state index in [1.165, 1.54) is 64.2 Å². The first-order valence-corrected chi connectivity index (χ1v) is 27.2. The number of nitriles is 1. The Hall–Kier alpha value is -3.46. The van der Waals surface area contributed by atoms with Gasteiger partial charge in [-0.15, -0.1) is 21.6 Å². The summed E-state index contributed by atoms with van der Waals surface area (Å²) in [4.78, 5) is 53.8. The average Bonchev–Trinajstić information content (AvgIpc) is 3.69. The fraction of sp³-hybridized carbons (Fsp3) is 0.643. The summed E-state index contributed by atoms with van der Waals surface area (Å²) in [5, 5.41) is 42.5. The van der Waals surface area contributed by atoms with Gasteiger partial charge in [0.05, 0.1) is 70.3 Å². The quantitative estimate of drug-likeness (QED) is 0.0217. The Morgan fingerprint density at radius 2 is 1.13 bits per heavy atom. The van der Waals surface area contributed by atoms with E-state index < -0.39 is 35.7 Å².